The summed E-state index contributed by atoms with van der Waals surface area (Å²) in [5, 5.41) is 13.0. The molecule has 0 aromatic heterocycles. The number of halogens is 3. The zero-order valence-corrected chi connectivity index (χ0v) is 20.3. The van der Waals surface area contributed by atoms with Crippen molar-refractivity contribution in [2.75, 3.05) is 6.54 Å². The van der Waals surface area contributed by atoms with Gasteiger partial charge < -0.3 is 19.9 Å². The summed E-state index contributed by atoms with van der Waals surface area (Å²) in [7, 11) is 0. The molecule has 196 valence electrons. The average Bonchev–Trinajstić information content (AvgIpc) is 2.88. The fourth-order valence-corrected chi connectivity index (χ4v) is 3.94. The quantitative estimate of drug-likeness (QED) is 0.254. The lowest BCUT2D eigenvalue weighted by molar-refractivity contribution is -0.274. The molecule has 0 aliphatic heterocycles. The Kier molecular flexibility index (Phi) is 7.85. The number of carboxylic acid groups (broad SMARTS) is 1. The number of ether oxygens (including phenoxy) is 2. The maximum absolute atomic E-state index is 12.5. The van der Waals surface area contributed by atoms with Gasteiger partial charge in [0, 0.05) is 17.5 Å². The summed E-state index contributed by atoms with van der Waals surface area (Å²) in [6, 6.07) is 23.9. The number of carbonyl (C=O) groups excluding carboxylic acids is 1. The summed E-state index contributed by atoms with van der Waals surface area (Å²) >= 11 is 0. The molecule has 0 aliphatic carbocycles. The number of alkyl halides is 3. The Balaban J connectivity index is 1.54. The molecular formula is C29H24F3NO5. The number of amides is 1. The lowest BCUT2D eigenvalue weighted by Gasteiger charge is -2.18. The van der Waals surface area contributed by atoms with Crippen LogP contribution in [0.2, 0.25) is 0 Å². The molecule has 0 fully saturated rings. The van der Waals surface area contributed by atoms with Crippen LogP contribution in [0.4, 0.5) is 13.2 Å². The van der Waals surface area contributed by atoms with E-state index in [4.69, 9.17) is 9.84 Å². The van der Waals surface area contributed by atoms with Crippen molar-refractivity contribution in [1.82, 2.24) is 5.32 Å². The highest BCUT2D eigenvalue weighted by atomic mass is 19.4. The second kappa shape index (κ2) is 11.2. The van der Waals surface area contributed by atoms with Crippen LogP contribution in [0, 0.1) is 0 Å². The van der Waals surface area contributed by atoms with Gasteiger partial charge in [0.25, 0.3) is 5.91 Å². The van der Waals surface area contributed by atoms with E-state index in [2.05, 4.69) is 10.1 Å². The van der Waals surface area contributed by atoms with Gasteiger partial charge in [-0.1, -0.05) is 48.5 Å². The summed E-state index contributed by atoms with van der Waals surface area (Å²) in [6.45, 7) is 1.91. The third-order valence-corrected chi connectivity index (χ3v) is 5.82. The number of aliphatic carboxylic acids is 1. The molecule has 0 bridgehead atoms. The Morgan fingerprint density at radius 3 is 2.26 bits per heavy atom. The third kappa shape index (κ3) is 6.82. The first-order valence-electron chi connectivity index (χ1n) is 11.7. The Morgan fingerprint density at radius 1 is 0.921 bits per heavy atom. The van der Waals surface area contributed by atoms with Crippen LogP contribution in [-0.2, 0) is 4.79 Å². The number of carboxylic acids is 1. The Labute approximate surface area is 216 Å². The van der Waals surface area contributed by atoms with Crippen LogP contribution < -0.4 is 14.8 Å². The van der Waals surface area contributed by atoms with Crippen molar-refractivity contribution in [3.63, 3.8) is 0 Å². The van der Waals surface area contributed by atoms with E-state index in [1.807, 2.05) is 43.3 Å². The van der Waals surface area contributed by atoms with Gasteiger partial charge in [-0.05, 0) is 65.4 Å². The molecule has 0 heterocycles. The van der Waals surface area contributed by atoms with Crippen LogP contribution in [-0.4, -0.2) is 29.9 Å². The van der Waals surface area contributed by atoms with Gasteiger partial charge >= 0.3 is 12.3 Å². The van der Waals surface area contributed by atoms with Crippen molar-refractivity contribution in [3.8, 4) is 22.6 Å². The predicted molar refractivity (Wildman–Crippen MR) is 136 cm³/mol. The molecule has 38 heavy (non-hydrogen) atoms. The van der Waals surface area contributed by atoms with E-state index in [0.29, 0.717) is 16.9 Å². The maximum Gasteiger partial charge on any atom is 0.573 e. The maximum atomic E-state index is 12.5. The smallest absolute Gasteiger partial charge is 0.485 e. The van der Waals surface area contributed by atoms with Crippen molar-refractivity contribution < 1.29 is 37.3 Å². The largest absolute Gasteiger partial charge is 0.573 e. The summed E-state index contributed by atoms with van der Waals surface area (Å²) < 4.78 is 47.8. The molecular weight excluding hydrogens is 499 g/mol. The van der Waals surface area contributed by atoms with Gasteiger partial charge in [0.15, 0.2) is 0 Å². The SMILES string of the molecule is CC(Oc1cc(-c2ccc(OC(F)(F)F)cc2)cc2ccccc12)c1ccc(C(=O)NCCC(=O)O)cc1. The van der Waals surface area contributed by atoms with E-state index in [1.54, 1.807) is 36.4 Å². The second-order valence-electron chi connectivity index (χ2n) is 8.55. The fourth-order valence-electron chi connectivity index (χ4n) is 3.94. The molecule has 0 saturated heterocycles. The highest BCUT2D eigenvalue weighted by Crippen LogP contribution is 2.36. The van der Waals surface area contributed by atoms with Crippen LogP contribution in [0.3, 0.4) is 0 Å². The van der Waals surface area contributed by atoms with Crippen molar-refractivity contribution in [2.24, 2.45) is 0 Å². The van der Waals surface area contributed by atoms with Crippen LogP contribution in [0.25, 0.3) is 21.9 Å². The van der Waals surface area contributed by atoms with Crippen LogP contribution >= 0.6 is 0 Å². The highest BCUT2D eigenvalue weighted by molar-refractivity contribution is 5.94. The molecule has 0 radical (unpaired) electrons. The van der Waals surface area contributed by atoms with Crippen molar-refractivity contribution in [1.29, 1.82) is 0 Å². The van der Waals surface area contributed by atoms with Gasteiger partial charge in [0.05, 0.1) is 6.42 Å². The number of nitrogens with one attached hydrogen (secondary N) is 1. The Hall–Kier alpha value is -4.53. The molecule has 6 nitrogen and oxygen atoms in total. The molecule has 4 aromatic carbocycles. The molecule has 0 aliphatic rings. The standard InChI is InChI=1S/C29H24F3NO5/c1-18(19-6-8-21(9-7-19)28(36)33-15-14-27(34)35)37-26-17-23(16-22-4-2-3-5-25(22)26)20-10-12-24(13-11-20)38-29(30,31)32/h2-13,16-18H,14-15H2,1H3,(H,33,36)(H,34,35). The molecule has 9 heteroatoms. The zero-order valence-electron chi connectivity index (χ0n) is 20.3. The van der Waals surface area contributed by atoms with E-state index in [0.717, 1.165) is 21.9 Å². The van der Waals surface area contributed by atoms with Crippen LogP contribution in [0.5, 0.6) is 11.5 Å². The summed E-state index contributed by atoms with van der Waals surface area (Å²) in [6.07, 6.45) is -5.31. The monoisotopic (exact) mass is 523 g/mol. The van der Waals surface area contributed by atoms with Crippen molar-refractivity contribution in [3.05, 3.63) is 96.1 Å². The topological polar surface area (TPSA) is 84.9 Å². The zero-order chi connectivity index (χ0) is 27.3. The Bertz CT molecular complexity index is 1430. The van der Waals surface area contributed by atoms with Crippen LogP contribution in [0.1, 0.15) is 35.4 Å². The number of rotatable bonds is 9. The molecule has 1 unspecified atom stereocenters. The van der Waals surface area contributed by atoms with Crippen molar-refractivity contribution in [2.45, 2.75) is 25.8 Å². The number of hydrogen-bond acceptors (Lipinski definition) is 4. The van der Waals surface area contributed by atoms with Gasteiger partial charge in [0.2, 0.25) is 0 Å². The lowest BCUT2D eigenvalue weighted by atomic mass is 10.00. The fraction of sp³-hybridized carbons (Fsp3) is 0.172. The van der Waals surface area contributed by atoms with E-state index in [-0.39, 0.29) is 30.7 Å². The Morgan fingerprint density at radius 2 is 1.61 bits per heavy atom. The second-order valence-corrected chi connectivity index (χ2v) is 8.55. The summed E-state index contributed by atoms with van der Waals surface area (Å²) in [4.78, 5) is 22.8. The summed E-state index contributed by atoms with van der Waals surface area (Å²) in [5.74, 6) is -1.06. The van der Waals surface area contributed by atoms with E-state index < -0.39 is 12.3 Å². The normalized spacial score (nSPS) is 12.1. The highest BCUT2D eigenvalue weighted by Gasteiger charge is 2.31. The first-order valence-corrected chi connectivity index (χ1v) is 11.7. The molecule has 1 amide bonds. The number of hydrogen-bond donors (Lipinski definition) is 2. The predicted octanol–water partition coefficient (Wildman–Crippen LogP) is 6.75. The van der Waals surface area contributed by atoms with Gasteiger partial charge in [-0.15, -0.1) is 13.2 Å². The lowest BCUT2D eigenvalue weighted by Crippen LogP contribution is -2.25. The van der Waals surface area contributed by atoms with Gasteiger partial charge in [-0.25, -0.2) is 0 Å². The molecule has 1 atom stereocenters. The molecule has 4 aromatic rings. The molecule has 0 spiro atoms. The first-order chi connectivity index (χ1) is 18.1. The number of fused-ring (bicyclic) bond motifs is 1. The minimum absolute atomic E-state index is 0.0386. The van der Waals surface area contributed by atoms with E-state index >= 15 is 0 Å². The van der Waals surface area contributed by atoms with Gasteiger partial charge in [-0.3, -0.25) is 9.59 Å². The van der Waals surface area contributed by atoms with Gasteiger partial charge in [0.1, 0.15) is 17.6 Å². The molecule has 4 rings (SSSR count). The minimum Gasteiger partial charge on any atom is -0.485 e. The first kappa shape index (κ1) is 26.5. The van der Waals surface area contributed by atoms with Gasteiger partial charge in [-0.2, -0.15) is 0 Å². The van der Waals surface area contributed by atoms with Crippen molar-refractivity contribution >= 4 is 22.6 Å². The third-order valence-electron chi connectivity index (χ3n) is 5.82. The molecule has 0 saturated carbocycles. The van der Waals surface area contributed by atoms with E-state index in [1.165, 1.54) is 12.1 Å². The van der Waals surface area contributed by atoms with E-state index in [9.17, 15) is 22.8 Å². The average molecular weight is 524 g/mol. The van der Waals surface area contributed by atoms with Crippen LogP contribution in [0.15, 0.2) is 84.9 Å². The molecule has 2 N–H and O–H groups in total. The number of carbonyl (C=O) groups is 2. The minimum atomic E-state index is -4.76. The summed E-state index contributed by atoms with van der Waals surface area (Å²) in [5.41, 5.74) is 2.67. The number of benzene rings is 4.